The van der Waals surface area contributed by atoms with Crippen molar-refractivity contribution in [2.24, 2.45) is 21.7 Å². The Morgan fingerprint density at radius 2 is 2.30 bits per heavy atom. The third-order valence-corrected chi connectivity index (χ3v) is 2.60. The molecule has 0 bridgehead atoms. The summed E-state index contributed by atoms with van der Waals surface area (Å²) in [5, 5.41) is 7.35. The average molecular weight is 272 g/mol. The molecule has 1 aromatic heterocycles. The smallest absolute Gasteiger partial charge is 0.211 e. The van der Waals surface area contributed by atoms with Crippen molar-refractivity contribution in [1.82, 2.24) is 9.55 Å². The van der Waals surface area contributed by atoms with Gasteiger partial charge in [0.15, 0.2) is 0 Å². The quantitative estimate of drug-likeness (QED) is 0.471. The van der Waals surface area contributed by atoms with Gasteiger partial charge in [0, 0.05) is 18.0 Å². The summed E-state index contributed by atoms with van der Waals surface area (Å²) in [5.41, 5.74) is 12.3. The summed E-state index contributed by atoms with van der Waals surface area (Å²) in [6.07, 6.45) is 6.95. The van der Waals surface area contributed by atoms with Crippen molar-refractivity contribution in [2.75, 3.05) is 7.11 Å². The van der Waals surface area contributed by atoms with E-state index in [9.17, 15) is 0 Å². The second kappa shape index (κ2) is 6.37. The summed E-state index contributed by atoms with van der Waals surface area (Å²) >= 11 is 0. The fraction of sp³-hybridized carbons (Fsp3) is 0.154. The van der Waals surface area contributed by atoms with Crippen LogP contribution in [0.1, 0.15) is 11.1 Å². The largest absolute Gasteiger partial charge is 0.496 e. The fourth-order valence-electron chi connectivity index (χ4n) is 1.74. The minimum Gasteiger partial charge on any atom is -0.496 e. The standard InChI is InChI=1S/C13H16N6O/c1-20-12-3-2-10(7-17-18-13(14)15)6-11(12)8-19-5-4-16-9-19/h2-7,9H,8H2,1H3,(H4,14,15,18). The van der Waals surface area contributed by atoms with Crippen LogP contribution in [0.15, 0.2) is 47.1 Å². The summed E-state index contributed by atoms with van der Waals surface area (Å²) in [4.78, 5) is 4.02. The lowest BCUT2D eigenvalue weighted by Gasteiger charge is -2.09. The Bertz CT molecular complexity index is 614. The summed E-state index contributed by atoms with van der Waals surface area (Å²) in [6.45, 7) is 0.660. The number of imidazole rings is 1. The number of guanidine groups is 1. The highest BCUT2D eigenvalue weighted by atomic mass is 16.5. The number of methoxy groups -OCH3 is 1. The zero-order valence-corrected chi connectivity index (χ0v) is 11.1. The van der Waals surface area contributed by atoms with Crippen LogP contribution in [0.4, 0.5) is 0 Å². The second-order valence-electron chi connectivity index (χ2n) is 4.08. The van der Waals surface area contributed by atoms with E-state index in [2.05, 4.69) is 15.2 Å². The molecule has 0 saturated carbocycles. The van der Waals surface area contributed by atoms with Gasteiger partial charge in [0.1, 0.15) is 5.75 Å². The number of rotatable bonds is 5. The first-order valence-electron chi connectivity index (χ1n) is 5.93. The molecule has 1 heterocycles. The van der Waals surface area contributed by atoms with Crippen LogP contribution in [-0.2, 0) is 6.54 Å². The Morgan fingerprint density at radius 1 is 1.45 bits per heavy atom. The molecule has 2 aromatic rings. The molecule has 4 N–H and O–H groups in total. The van der Waals surface area contributed by atoms with Crippen molar-refractivity contribution >= 4 is 12.2 Å². The van der Waals surface area contributed by atoms with Crippen molar-refractivity contribution in [2.45, 2.75) is 6.54 Å². The normalized spacial score (nSPS) is 10.7. The summed E-state index contributed by atoms with van der Waals surface area (Å²) in [5.74, 6) is 0.728. The SMILES string of the molecule is COc1ccc(C=NN=C(N)N)cc1Cn1ccnc1. The number of nitrogens with zero attached hydrogens (tertiary/aromatic N) is 4. The Morgan fingerprint density at radius 3 is 2.95 bits per heavy atom. The molecular formula is C13H16N6O. The fourth-order valence-corrected chi connectivity index (χ4v) is 1.74. The van der Waals surface area contributed by atoms with Crippen molar-refractivity contribution < 1.29 is 4.74 Å². The van der Waals surface area contributed by atoms with Gasteiger partial charge >= 0.3 is 0 Å². The lowest BCUT2D eigenvalue weighted by Crippen LogP contribution is -2.21. The van der Waals surface area contributed by atoms with Crippen LogP contribution >= 0.6 is 0 Å². The summed E-state index contributed by atoms with van der Waals surface area (Å²) in [6, 6.07) is 5.72. The molecular weight excluding hydrogens is 256 g/mol. The zero-order chi connectivity index (χ0) is 14.4. The molecule has 7 heteroatoms. The van der Waals surface area contributed by atoms with Crippen molar-refractivity contribution in [3.05, 3.63) is 48.0 Å². The molecule has 1 aromatic carbocycles. The first kappa shape index (κ1) is 13.6. The van der Waals surface area contributed by atoms with Gasteiger partial charge in [-0.2, -0.15) is 5.10 Å². The molecule has 0 aliphatic carbocycles. The van der Waals surface area contributed by atoms with Crippen LogP contribution in [0.3, 0.4) is 0 Å². The molecule has 0 amide bonds. The maximum absolute atomic E-state index is 5.35. The molecule has 0 atom stereocenters. The third kappa shape index (κ3) is 3.58. The van der Waals surface area contributed by atoms with Crippen LogP contribution < -0.4 is 16.2 Å². The molecule has 0 radical (unpaired) electrons. The van der Waals surface area contributed by atoms with Crippen LogP contribution in [0.2, 0.25) is 0 Å². The molecule has 0 unspecified atom stereocenters. The highest BCUT2D eigenvalue weighted by molar-refractivity contribution is 5.82. The van der Waals surface area contributed by atoms with Crippen molar-refractivity contribution in [3.8, 4) is 5.75 Å². The maximum atomic E-state index is 5.35. The Labute approximate surface area is 116 Å². The van der Waals surface area contributed by atoms with E-state index in [1.54, 1.807) is 25.8 Å². The second-order valence-corrected chi connectivity index (χ2v) is 4.08. The highest BCUT2D eigenvalue weighted by Gasteiger charge is 2.04. The number of benzene rings is 1. The summed E-state index contributed by atoms with van der Waals surface area (Å²) < 4.78 is 7.30. The Balaban J connectivity index is 2.24. The summed E-state index contributed by atoms with van der Waals surface area (Å²) in [7, 11) is 1.64. The van der Waals surface area contributed by atoms with E-state index in [0.717, 1.165) is 16.9 Å². The van der Waals surface area contributed by atoms with E-state index in [0.29, 0.717) is 6.54 Å². The lowest BCUT2D eigenvalue weighted by atomic mass is 10.1. The number of ether oxygens (including phenoxy) is 1. The van der Waals surface area contributed by atoms with Gasteiger partial charge < -0.3 is 20.8 Å². The molecule has 0 fully saturated rings. The van der Waals surface area contributed by atoms with Crippen LogP contribution in [0.25, 0.3) is 0 Å². The van der Waals surface area contributed by atoms with Crippen LogP contribution in [0, 0.1) is 0 Å². The van der Waals surface area contributed by atoms with Gasteiger partial charge in [-0.25, -0.2) is 4.98 Å². The number of nitrogens with two attached hydrogens (primary N) is 2. The minimum atomic E-state index is -0.0756. The van der Waals surface area contributed by atoms with Gasteiger partial charge in [0.25, 0.3) is 0 Å². The lowest BCUT2D eigenvalue weighted by molar-refractivity contribution is 0.408. The molecule has 7 nitrogen and oxygen atoms in total. The molecule has 104 valence electrons. The minimum absolute atomic E-state index is 0.0756. The van der Waals surface area contributed by atoms with Gasteiger partial charge in [-0.3, -0.25) is 0 Å². The van der Waals surface area contributed by atoms with Crippen molar-refractivity contribution in [3.63, 3.8) is 0 Å². The van der Waals surface area contributed by atoms with Crippen LogP contribution in [-0.4, -0.2) is 28.8 Å². The van der Waals surface area contributed by atoms with Gasteiger partial charge in [0.05, 0.1) is 26.2 Å². The molecule has 0 aliphatic heterocycles. The van der Waals surface area contributed by atoms with Gasteiger partial charge in [0.2, 0.25) is 5.96 Å². The predicted molar refractivity (Wildman–Crippen MR) is 77.7 cm³/mol. The van der Waals surface area contributed by atoms with Gasteiger partial charge in [-0.1, -0.05) is 0 Å². The first-order valence-corrected chi connectivity index (χ1v) is 5.93. The van der Waals surface area contributed by atoms with E-state index in [-0.39, 0.29) is 5.96 Å². The highest BCUT2D eigenvalue weighted by Crippen LogP contribution is 2.20. The number of aromatic nitrogens is 2. The Hall–Kier alpha value is -2.83. The topological polar surface area (TPSA) is 104 Å². The van der Waals surface area contributed by atoms with E-state index >= 15 is 0 Å². The maximum Gasteiger partial charge on any atom is 0.211 e. The van der Waals surface area contributed by atoms with Gasteiger partial charge in [-0.15, -0.1) is 5.10 Å². The number of hydrogen-bond donors (Lipinski definition) is 2. The average Bonchev–Trinajstić information content (AvgIpc) is 2.91. The zero-order valence-electron chi connectivity index (χ0n) is 11.1. The van der Waals surface area contributed by atoms with Crippen LogP contribution in [0.5, 0.6) is 5.75 Å². The van der Waals surface area contributed by atoms with Gasteiger partial charge in [-0.05, 0) is 23.8 Å². The van der Waals surface area contributed by atoms with E-state index in [1.165, 1.54) is 0 Å². The monoisotopic (exact) mass is 272 g/mol. The predicted octanol–water partition coefficient (Wildman–Crippen LogP) is 0.547. The van der Waals surface area contributed by atoms with E-state index in [4.69, 9.17) is 16.2 Å². The first-order chi connectivity index (χ1) is 9.69. The number of hydrogen-bond acceptors (Lipinski definition) is 4. The molecule has 0 saturated heterocycles. The van der Waals surface area contributed by atoms with E-state index < -0.39 is 0 Å². The molecule has 0 spiro atoms. The van der Waals surface area contributed by atoms with Crippen molar-refractivity contribution in [1.29, 1.82) is 0 Å². The molecule has 2 rings (SSSR count). The van der Waals surface area contributed by atoms with E-state index in [1.807, 2.05) is 29.0 Å². The third-order valence-electron chi connectivity index (χ3n) is 2.60. The Kier molecular flexibility index (Phi) is 4.33. The molecule has 20 heavy (non-hydrogen) atoms. The molecule has 0 aliphatic rings.